The van der Waals surface area contributed by atoms with E-state index in [0.29, 0.717) is 18.5 Å². The summed E-state index contributed by atoms with van der Waals surface area (Å²) in [6, 6.07) is 6.19. The first-order chi connectivity index (χ1) is 9.09. The third kappa shape index (κ3) is 3.92. The van der Waals surface area contributed by atoms with Crippen molar-refractivity contribution in [3.05, 3.63) is 35.6 Å². The number of carbonyl (C=O) groups excluding carboxylic acids is 1. The van der Waals surface area contributed by atoms with Gasteiger partial charge in [0.25, 0.3) is 0 Å². The Hall–Kier alpha value is -1.62. The van der Waals surface area contributed by atoms with Crippen LogP contribution in [0.1, 0.15) is 24.8 Å². The van der Waals surface area contributed by atoms with Crippen LogP contribution in [-0.4, -0.2) is 29.8 Å². The van der Waals surface area contributed by atoms with Crippen LogP contribution in [0.4, 0.5) is 9.18 Å². The van der Waals surface area contributed by atoms with Crippen LogP contribution in [0.15, 0.2) is 24.3 Å². The van der Waals surface area contributed by atoms with Gasteiger partial charge in [0.2, 0.25) is 0 Å². The van der Waals surface area contributed by atoms with E-state index in [4.69, 9.17) is 0 Å². The Balaban J connectivity index is 1.65. The lowest BCUT2D eigenvalue weighted by molar-refractivity contribution is -0.0290. The van der Waals surface area contributed by atoms with Crippen molar-refractivity contribution in [3.63, 3.8) is 0 Å². The van der Waals surface area contributed by atoms with E-state index in [0.717, 1.165) is 19.3 Å². The van der Waals surface area contributed by atoms with E-state index in [1.807, 2.05) is 0 Å². The fourth-order valence-electron chi connectivity index (χ4n) is 2.08. The van der Waals surface area contributed by atoms with Gasteiger partial charge in [-0.15, -0.1) is 0 Å². The van der Waals surface area contributed by atoms with Crippen molar-refractivity contribution in [2.24, 2.45) is 0 Å². The second kappa shape index (κ2) is 6.02. The van der Waals surface area contributed by atoms with E-state index >= 15 is 0 Å². The van der Waals surface area contributed by atoms with Gasteiger partial charge < -0.3 is 15.7 Å². The van der Waals surface area contributed by atoms with Gasteiger partial charge in [-0.1, -0.05) is 18.2 Å². The van der Waals surface area contributed by atoms with E-state index in [1.165, 1.54) is 6.07 Å². The molecule has 1 aromatic rings. The van der Waals surface area contributed by atoms with Crippen molar-refractivity contribution in [2.45, 2.75) is 31.3 Å². The highest BCUT2D eigenvalue weighted by molar-refractivity contribution is 5.73. The Morgan fingerprint density at radius 1 is 1.32 bits per heavy atom. The summed E-state index contributed by atoms with van der Waals surface area (Å²) in [6.07, 6.45) is 2.93. The highest BCUT2D eigenvalue weighted by Crippen LogP contribution is 2.30. The first-order valence-electron chi connectivity index (χ1n) is 6.57. The molecule has 104 valence electrons. The first-order valence-corrected chi connectivity index (χ1v) is 6.57. The molecule has 0 heterocycles. The SMILES string of the molecule is O=C(NCCc1ccccc1F)NCC1(O)CCC1. The fourth-order valence-corrected chi connectivity index (χ4v) is 2.08. The van der Waals surface area contributed by atoms with Gasteiger partial charge in [-0.3, -0.25) is 0 Å². The Kier molecular flexibility index (Phi) is 4.37. The molecule has 0 aromatic heterocycles. The Morgan fingerprint density at radius 2 is 2.05 bits per heavy atom. The largest absolute Gasteiger partial charge is 0.388 e. The molecule has 0 radical (unpaired) electrons. The second-order valence-electron chi connectivity index (χ2n) is 5.03. The van der Waals surface area contributed by atoms with Crippen LogP contribution in [0.3, 0.4) is 0 Å². The predicted octanol–water partition coefficient (Wildman–Crippen LogP) is 1.58. The number of hydrogen-bond acceptors (Lipinski definition) is 2. The quantitative estimate of drug-likeness (QED) is 0.758. The summed E-state index contributed by atoms with van der Waals surface area (Å²) < 4.78 is 13.3. The minimum Gasteiger partial charge on any atom is -0.388 e. The number of aliphatic hydroxyl groups is 1. The monoisotopic (exact) mass is 266 g/mol. The average Bonchev–Trinajstić information content (AvgIpc) is 2.36. The van der Waals surface area contributed by atoms with E-state index in [1.54, 1.807) is 18.2 Å². The number of rotatable bonds is 5. The molecule has 0 unspecified atom stereocenters. The average molecular weight is 266 g/mol. The Bertz CT molecular complexity index is 447. The minimum atomic E-state index is -0.719. The van der Waals surface area contributed by atoms with Crippen LogP contribution in [-0.2, 0) is 6.42 Å². The first kappa shape index (κ1) is 13.8. The number of hydrogen-bond donors (Lipinski definition) is 3. The summed E-state index contributed by atoms with van der Waals surface area (Å²) in [7, 11) is 0. The molecule has 1 aliphatic rings. The van der Waals surface area contributed by atoms with Crippen molar-refractivity contribution in [3.8, 4) is 0 Å². The molecule has 0 spiro atoms. The van der Waals surface area contributed by atoms with Crippen LogP contribution in [0.25, 0.3) is 0 Å². The summed E-state index contributed by atoms with van der Waals surface area (Å²) in [6.45, 7) is 0.643. The van der Waals surface area contributed by atoms with Gasteiger partial charge >= 0.3 is 6.03 Å². The molecule has 19 heavy (non-hydrogen) atoms. The molecular weight excluding hydrogens is 247 g/mol. The molecule has 1 aromatic carbocycles. The van der Waals surface area contributed by atoms with E-state index in [2.05, 4.69) is 10.6 Å². The number of carbonyl (C=O) groups is 1. The van der Waals surface area contributed by atoms with Crippen LogP contribution < -0.4 is 10.6 Å². The minimum absolute atomic E-state index is 0.256. The molecule has 5 heteroatoms. The van der Waals surface area contributed by atoms with Crippen molar-refractivity contribution in [1.29, 1.82) is 0 Å². The van der Waals surface area contributed by atoms with Gasteiger partial charge in [-0.25, -0.2) is 9.18 Å². The Morgan fingerprint density at radius 3 is 2.68 bits per heavy atom. The van der Waals surface area contributed by atoms with Gasteiger partial charge in [-0.2, -0.15) is 0 Å². The van der Waals surface area contributed by atoms with Crippen LogP contribution in [0, 0.1) is 5.82 Å². The van der Waals surface area contributed by atoms with Gasteiger partial charge in [-0.05, 0) is 37.3 Å². The standard InChI is InChI=1S/C14H19FN2O2/c15-12-5-2-1-4-11(12)6-9-16-13(18)17-10-14(19)7-3-8-14/h1-2,4-5,19H,3,6-10H2,(H2,16,17,18). The number of nitrogens with one attached hydrogen (secondary N) is 2. The summed E-state index contributed by atoms with van der Waals surface area (Å²) in [5.74, 6) is -0.256. The molecule has 0 saturated heterocycles. The molecule has 4 nitrogen and oxygen atoms in total. The third-order valence-corrected chi connectivity index (χ3v) is 3.50. The van der Waals surface area contributed by atoms with Crippen LogP contribution in [0.5, 0.6) is 0 Å². The van der Waals surface area contributed by atoms with Crippen LogP contribution >= 0.6 is 0 Å². The maximum atomic E-state index is 13.3. The summed E-state index contributed by atoms with van der Waals surface area (Å²) >= 11 is 0. The maximum Gasteiger partial charge on any atom is 0.314 e. The highest BCUT2D eigenvalue weighted by atomic mass is 19.1. The molecule has 1 aliphatic carbocycles. The van der Waals surface area contributed by atoms with Crippen molar-refractivity contribution in [2.75, 3.05) is 13.1 Å². The van der Waals surface area contributed by atoms with E-state index in [-0.39, 0.29) is 18.4 Å². The zero-order valence-electron chi connectivity index (χ0n) is 10.8. The highest BCUT2D eigenvalue weighted by Gasteiger charge is 2.34. The smallest absolute Gasteiger partial charge is 0.314 e. The lowest BCUT2D eigenvalue weighted by Gasteiger charge is -2.36. The van der Waals surface area contributed by atoms with Crippen molar-refractivity contribution >= 4 is 6.03 Å². The number of amides is 2. The normalized spacial score (nSPS) is 16.5. The van der Waals surface area contributed by atoms with Crippen molar-refractivity contribution < 1.29 is 14.3 Å². The lowest BCUT2D eigenvalue weighted by atomic mass is 9.80. The van der Waals surface area contributed by atoms with Crippen molar-refractivity contribution in [1.82, 2.24) is 10.6 Å². The molecule has 0 aliphatic heterocycles. The molecule has 0 bridgehead atoms. The van der Waals surface area contributed by atoms with Gasteiger partial charge in [0.15, 0.2) is 0 Å². The van der Waals surface area contributed by atoms with Gasteiger partial charge in [0, 0.05) is 13.1 Å². The fraction of sp³-hybridized carbons (Fsp3) is 0.500. The summed E-state index contributed by atoms with van der Waals surface area (Å²) in [5.41, 5.74) is -0.136. The Labute approximate surface area is 112 Å². The lowest BCUT2D eigenvalue weighted by Crippen LogP contribution is -2.50. The van der Waals surface area contributed by atoms with Gasteiger partial charge in [0.1, 0.15) is 5.82 Å². The molecule has 2 rings (SSSR count). The summed E-state index contributed by atoms with van der Waals surface area (Å²) in [4.78, 5) is 11.5. The second-order valence-corrected chi connectivity index (χ2v) is 5.03. The van der Waals surface area contributed by atoms with Gasteiger partial charge in [0.05, 0.1) is 5.60 Å². The maximum absolute atomic E-state index is 13.3. The predicted molar refractivity (Wildman–Crippen MR) is 70.3 cm³/mol. The topological polar surface area (TPSA) is 61.4 Å². The molecule has 1 fully saturated rings. The van der Waals surface area contributed by atoms with E-state index in [9.17, 15) is 14.3 Å². The zero-order chi connectivity index (χ0) is 13.7. The van der Waals surface area contributed by atoms with Crippen LogP contribution in [0.2, 0.25) is 0 Å². The third-order valence-electron chi connectivity index (χ3n) is 3.50. The molecular formula is C14H19FN2O2. The molecule has 2 amide bonds. The molecule has 1 saturated carbocycles. The number of halogens is 1. The summed E-state index contributed by atoms with van der Waals surface area (Å²) in [5, 5.41) is 15.1. The number of urea groups is 1. The molecule has 3 N–H and O–H groups in total. The number of benzene rings is 1. The molecule has 0 atom stereocenters. The van der Waals surface area contributed by atoms with E-state index < -0.39 is 5.60 Å². The zero-order valence-corrected chi connectivity index (χ0v) is 10.8.